The molecule has 6 atom stereocenters. The Labute approximate surface area is 178 Å². The van der Waals surface area contributed by atoms with Crippen molar-refractivity contribution in [1.29, 1.82) is 0 Å². The minimum absolute atomic E-state index is 0.0757. The van der Waals surface area contributed by atoms with Crippen LogP contribution in [0.4, 0.5) is 0 Å². The smallest absolute Gasteiger partial charge is 0.306 e. The number of fused-ring (bicyclic) bond motifs is 5. The fourth-order valence-electron chi connectivity index (χ4n) is 7.42. The third kappa shape index (κ3) is 2.66. The Balaban J connectivity index is 1.80. The van der Waals surface area contributed by atoms with Gasteiger partial charge in [-0.05, 0) is 50.0 Å². The molecule has 0 bridgehead atoms. The lowest BCUT2D eigenvalue weighted by atomic mass is 9.50. The quantitative estimate of drug-likeness (QED) is 0.557. The van der Waals surface area contributed by atoms with E-state index in [1.54, 1.807) is 6.92 Å². The molecule has 4 rings (SSSR count). The van der Waals surface area contributed by atoms with Crippen molar-refractivity contribution in [2.75, 3.05) is 6.61 Å². The lowest BCUT2D eigenvalue weighted by Gasteiger charge is -2.55. The van der Waals surface area contributed by atoms with E-state index in [1.807, 2.05) is 13.0 Å². The van der Waals surface area contributed by atoms with Gasteiger partial charge in [-0.15, -0.1) is 0 Å². The molecular weight excluding hydrogens is 380 g/mol. The second kappa shape index (κ2) is 7.15. The second-order valence-electron chi connectivity index (χ2n) is 10.3. The molecule has 4 aliphatic carbocycles. The molecule has 1 N–H and O–H groups in total. The predicted octanol–water partition coefficient (Wildman–Crippen LogP) is 3.94. The van der Waals surface area contributed by atoms with E-state index >= 15 is 0 Å². The van der Waals surface area contributed by atoms with E-state index in [4.69, 9.17) is 4.74 Å². The number of aliphatic hydroxyl groups is 1. The maximum atomic E-state index is 13.2. The summed E-state index contributed by atoms with van der Waals surface area (Å²) >= 11 is 0. The molecule has 0 unspecified atom stereocenters. The normalized spacial score (nSPS) is 42.4. The lowest BCUT2D eigenvalue weighted by molar-refractivity contribution is -0.190. The zero-order valence-electron chi connectivity index (χ0n) is 18.6. The number of carbonyl (C=O) groups excluding carboxylic acids is 3. The highest BCUT2D eigenvalue weighted by Gasteiger charge is 2.69. The summed E-state index contributed by atoms with van der Waals surface area (Å²) in [5.74, 6) is -0.140. The Kier molecular flexibility index (Phi) is 5.12. The van der Waals surface area contributed by atoms with Crippen LogP contribution >= 0.6 is 0 Å². The molecule has 0 heterocycles. The zero-order chi connectivity index (χ0) is 21.9. The minimum Gasteiger partial charge on any atom is -0.450 e. The SMILES string of the molecule is CCC(=O)O[C@]1(C(=O)CO)[C@@H](C)C[C@H]2[C@@H]3CCC4=CC(=O)CC[C@]4(C)C3=CC[C@@]21C. The van der Waals surface area contributed by atoms with Crippen molar-refractivity contribution in [1.82, 2.24) is 0 Å². The number of aliphatic hydroxyl groups excluding tert-OH is 1. The monoisotopic (exact) mass is 414 g/mol. The summed E-state index contributed by atoms with van der Waals surface area (Å²) < 4.78 is 5.98. The van der Waals surface area contributed by atoms with Crippen LogP contribution in [-0.4, -0.2) is 34.9 Å². The highest BCUT2D eigenvalue weighted by Crippen LogP contribution is 2.67. The molecule has 0 amide bonds. The maximum absolute atomic E-state index is 13.2. The van der Waals surface area contributed by atoms with Gasteiger partial charge in [0.05, 0.1) is 0 Å². The van der Waals surface area contributed by atoms with E-state index in [1.165, 1.54) is 11.1 Å². The second-order valence-corrected chi connectivity index (χ2v) is 10.3. The van der Waals surface area contributed by atoms with Gasteiger partial charge in [0.15, 0.2) is 11.4 Å². The number of rotatable bonds is 4. The number of esters is 1. The summed E-state index contributed by atoms with van der Waals surface area (Å²) in [6.07, 6.45) is 9.10. The van der Waals surface area contributed by atoms with Gasteiger partial charge in [-0.2, -0.15) is 0 Å². The lowest BCUT2D eigenvalue weighted by Crippen LogP contribution is -2.60. The standard InChI is InChI=1S/C25H34O5/c1-5-22(29)30-25(21(28)14-26)15(2)12-20-18-7-6-16-13-17(27)8-10-23(16,3)19(18)9-11-24(20,25)4/h9,13,15,18,20,26H,5-8,10-12,14H2,1-4H3/t15-,18+,20-,23-,24-,25-/m0/s1. The Hall–Kier alpha value is -1.75. The number of ketones is 2. The molecule has 2 saturated carbocycles. The highest BCUT2D eigenvalue weighted by atomic mass is 16.6. The van der Waals surface area contributed by atoms with Crippen LogP contribution in [0, 0.1) is 28.6 Å². The molecule has 2 fully saturated rings. The van der Waals surface area contributed by atoms with E-state index in [0.29, 0.717) is 18.8 Å². The van der Waals surface area contributed by atoms with Crippen molar-refractivity contribution in [3.63, 3.8) is 0 Å². The summed E-state index contributed by atoms with van der Waals surface area (Å²) in [5.41, 5.74) is 0.782. The predicted molar refractivity (Wildman–Crippen MR) is 112 cm³/mol. The van der Waals surface area contributed by atoms with Crippen molar-refractivity contribution in [2.24, 2.45) is 28.6 Å². The van der Waals surface area contributed by atoms with Crippen LogP contribution in [0.1, 0.15) is 72.6 Å². The average Bonchev–Trinajstić information content (AvgIpc) is 2.95. The molecular formula is C25H34O5. The van der Waals surface area contributed by atoms with Gasteiger partial charge in [-0.3, -0.25) is 14.4 Å². The Morgan fingerprint density at radius 3 is 2.67 bits per heavy atom. The number of Topliss-reactive ketones (excluding diaryl/α,β-unsaturated/α-hetero) is 1. The third-order valence-corrected chi connectivity index (χ3v) is 9.00. The molecule has 164 valence electrons. The van der Waals surface area contributed by atoms with Gasteiger partial charge in [0.1, 0.15) is 6.61 Å². The van der Waals surface area contributed by atoms with E-state index in [0.717, 1.165) is 25.7 Å². The minimum atomic E-state index is -1.28. The zero-order valence-corrected chi connectivity index (χ0v) is 18.6. The van der Waals surface area contributed by atoms with Crippen molar-refractivity contribution in [2.45, 2.75) is 78.2 Å². The van der Waals surface area contributed by atoms with Crippen LogP contribution < -0.4 is 0 Å². The van der Waals surface area contributed by atoms with E-state index in [9.17, 15) is 19.5 Å². The van der Waals surface area contributed by atoms with Crippen LogP contribution in [0.3, 0.4) is 0 Å². The van der Waals surface area contributed by atoms with Gasteiger partial charge in [-0.1, -0.05) is 44.9 Å². The number of carbonyl (C=O) groups is 3. The van der Waals surface area contributed by atoms with Gasteiger partial charge in [-0.25, -0.2) is 0 Å². The number of hydrogen-bond donors (Lipinski definition) is 1. The molecule has 0 saturated heterocycles. The van der Waals surface area contributed by atoms with Gasteiger partial charge in [0.2, 0.25) is 5.78 Å². The summed E-state index contributed by atoms with van der Waals surface area (Å²) in [6, 6.07) is 0. The Morgan fingerprint density at radius 1 is 1.27 bits per heavy atom. The molecule has 5 heteroatoms. The van der Waals surface area contributed by atoms with Crippen molar-refractivity contribution >= 4 is 17.5 Å². The summed E-state index contributed by atoms with van der Waals surface area (Å²) in [5, 5.41) is 9.83. The molecule has 4 aliphatic rings. The first-order chi connectivity index (χ1) is 14.1. The first-order valence-corrected chi connectivity index (χ1v) is 11.4. The van der Waals surface area contributed by atoms with Gasteiger partial charge in [0, 0.05) is 29.6 Å². The molecule has 0 aromatic rings. The molecule has 0 aromatic carbocycles. The van der Waals surface area contributed by atoms with Gasteiger partial charge >= 0.3 is 5.97 Å². The third-order valence-electron chi connectivity index (χ3n) is 9.00. The van der Waals surface area contributed by atoms with Crippen molar-refractivity contribution < 1.29 is 24.2 Å². The summed E-state index contributed by atoms with van der Waals surface area (Å²) in [4.78, 5) is 37.6. The molecule has 5 nitrogen and oxygen atoms in total. The van der Waals surface area contributed by atoms with Gasteiger partial charge < -0.3 is 9.84 Å². The number of ether oxygens (including phenoxy) is 1. The molecule has 0 aliphatic heterocycles. The first-order valence-electron chi connectivity index (χ1n) is 11.4. The number of hydrogen-bond acceptors (Lipinski definition) is 5. The molecule has 0 spiro atoms. The van der Waals surface area contributed by atoms with Crippen LogP contribution in [0.25, 0.3) is 0 Å². The van der Waals surface area contributed by atoms with Crippen LogP contribution in [-0.2, 0) is 19.1 Å². The fraction of sp³-hybridized carbons (Fsp3) is 0.720. The van der Waals surface area contributed by atoms with E-state index in [-0.39, 0.29) is 41.2 Å². The van der Waals surface area contributed by atoms with Crippen LogP contribution in [0.2, 0.25) is 0 Å². The molecule has 0 radical (unpaired) electrons. The molecule has 30 heavy (non-hydrogen) atoms. The van der Waals surface area contributed by atoms with Crippen molar-refractivity contribution in [3.05, 3.63) is 23.3 Å². The maximum Gasteiger partial charge on any atom is 0.306 e. The highest BCUT2D eigenvalue weighted by molar-refractivity contribution is 5.93. The first kappa shape index (κ1) is 21.5. The summed E-state index contributed by atoms with van der Waals surface area (Å²) in [7, 11) is 0. The van der Waals surface area contributed by atoms with Crippen LogP contribution in [0.15, 0.2) is 23.3 Å². The van der Waals surface area contributed by atoms with E-state index in [2.05, 4.69) is 19.9 Å². The largest absolute Gasteiger partial charge is 0.450 e. The Morgan fingerprint density at radius 2 is 2.00 bits per heavy atom. The fourth-order valence-corrected chi connectivity index (χ4v) is 7.42. The van der Waals surface area contributed by atoms with Gasteiger partial charge in [0.25, 0.3) is 0 Å². The average molecular weight is 415 g/mol. The topological polar surface area (TPSA) is 80.7 Å². The molecule has 0 aromatic heterocycles. The number of allylic oxidation sites excluding steroid dienone is 4. The Bertz CT molecular complexity index is 854. The van der Waals surface area contributed by atoms with E-state index < -0.39 is 17.6 Å². The van der Waals surface area contributed by atoms with Crippen LogP contribution in [0.5, 0.6) is 0 Å². The summed E-state index contributed by atoms with van der Waals surface area (Å²) in [6.45, 7) is 7.47. The van der Waals surface area contributed by atoms with Crippen molar-refractivity contribution in [3.8, 4) is 0 Å².